The van der Waals surface area contributed by atoms with Crippen molar-refractivity contribution in [3.8, 4) is 0 Å². The van der Waals surface area contributed by atoms with Gasteiger partial charge in [0.25, 0.3) is 10.2 Å². The zero-order valence-corrected chi connectivity index (χ0v) is 16.0. The number of nitrogens with zero attached hydrogens (tertiary/aromatic N) is 3. The Balaban J connectivity index is 1.41. The quantitative estimate of drug-likeness (QED) is 0.829. The number of piperazine rings is 1. The van der Waals surface area contributed by atoms with E-state index < -0.39 is 10.2 Å². The van der Waals surface area contributed by atoms with Gasteiger partial charge in [0.05, 0.1) is 6.54 Å². The lowest BCUT2D eigenvalue weighted by molar-refractivity contribution is -0.120. The van der Waals surface area contributed by atoms with E-state index in [4.69, 9.17) is 4.52 Å². The molecule has 9 heteroatoms. The van der Waals surface area contributed by atoms with Crippen molar-refractivity contribution in [1.29, 1.82) is 0 Å². The second kappa shape index (κ2) is 6.74. The molecular formula is C18H22N4O4S. The van der Waals surface area contributed by atoms with Crippen molar-refractivity contribution in [3.63, 3.8) is 0 Å². The van der Waals surface area contributed by atoms with Gasteiger partial charge in [0.2, 0.25) is 5.91 Å². The Morgan fingerprint density at radius 3 is 2.59 bits per heavy atom. The average Bonchev–Trinajstić information content (AvgIpc) is 3.05. The Hall–Kier alpha value is -2.23. The van der Waals surface area contributed by atoms with Gasteiger partial charge in [0.1, 0.15) is 5.76 Å². The molecule has 0 unspecified atom stereocenters. The first-order valence-corrected chi connectivity index (χ1v) is 10.4. The second-order valence-corrected chi connectivity index (χ2v) is 8.82. The van der Waals surface area contributed by atoms with E-state index in [0.717, 1.165) is 5.56 Å². The highest BCUT2D eigenvalue weighted by molar-refractivity contribution is 7.87. The molecule has 27 heavy (non-hydrogen) atoms. The van der Waals surface area contributed by atoms with E-state index in [2.05, 4.69) is 9.88 Å². The van der Waals surface area contributed by atoms with Crippen LogP contribution in [0.15, 0.2) is 40.9 Å². The minimum absolute atomic E-state index is 0.149. The summed E-state index contributed by atoms with van der Waals surface area (Å²) in [5.74, 6) is 1.09. The molecule has 1 aliphatic heterocycles. The van der Waals surface area contributed by atoms with Gasteiger partial charge in [0.15, 0.2) is 5.82 Å². The van der Waals surface area contributed by atoms with Crippen LogP contribution in [0.4, 0.5) is 5.82 Å². The number of amides is 1. The molecule has 3 atom stereocenters. The summed E-state index contributed by atoms with van der Waals surface area (Å²) >= 11 is 0. The average molecular weight is 390 g/mol. The molecule has 144 valence electrons. The highest BCUT2D eigenvalue weighted by Gasteiger charge is 2.50. The molecule has 2 fully saturated rings. The Kier molecular flexibility index (Phi) is 4.53. The van der Waals surface area contributed by atoms with E-state index in [1.165, 1.54) is 9.21 Å². The molecule has 1 aromatic carbocycles. The number of nitrogens with one attached hydrogen (secondary N) is 1. The number of benzene rings is 1. The first kappa shape index (κ1) is 18.1. The van der Waals surface area contributed by atoms with Crippen LogP contribution in [0.25, 0.3) is 0 Å². The van der Waals surface area contributed by atoms with Crippen LogP contribution in [0.5, 0.6) is 0 Å². The van der Waals surface area contributed by atoms with E-state index in [1.54, 1.807) is 13.0 Å². The Labute approximate surface area is 158 Å². The van der Waals surface area contributed by atoms with E-state index in [-0.39, 0.29) is 43.4 Å². The van der Waals surface area contributed by atoms with Gasteiger partial charge in [-0.25, -0.2) is 0 Å². The molecule has 0 bridgehead atoms. The normalized spacial score (nSPS) is 26.4. The molecule has 2 aliphatic rings. The van der Waals surface area contributed by atoms with Crippen molar-refractivity contribution in [2.45, 2.75) is 25.8 Å². The molecule has 8 nitrogen and oxygen atoms in total. The van der Waals surface area contributed by atoms with Gasteiger partial charge in [-0.15, -0.1) is 0 Å². The third kappa shape index (κ3) is 3.50. The highest BCUT2D eigenvalue weighted by Crippen LogP contribution is 2.47. The maximum atomic E-state index is 12.8. The van der Waals surface area contributed by atoms with Crippen molar-refractivity contribution in [1.82, 2.24) is 14.2 Å². The molecule has 4 rings (SSSR count). The van der Waals surface area contributed by atoms with Crippen LogP contribution in [0.1, 0.15) is 24.2 Å². The van der Waals surface area contributed by atoms with E-state index in [9.17, 15) is 13.2 Å². The van der Waals surface area contributed by atoms with Gasteiger partial charge >= 0.3 is 0 Å². The predicted molar refractivity (Wildman–Crippen MR) is 99.4 cm³/mol. The monoisotopic (exact) mass is 390 g/mol. The number of rotatable bonds is 5. The minimum atomic E-state index is -3.74. The first-order valence-electron chi connectivity index (χ1n) is 8.93. The van der Waals surface area contributed by atoms with Crippen LogP contribution in [0.2, 0.25) is 0 Å². The summed E-state index contributed by atoms with van der Waals surface area (Å²) in [4.78, 5) is 13.9. The second-order valence-electron chi connectivity index (χ2n) is 7.12. The van der Waals surface area contributed by atoms with Gasteiger partial charge in [-0.1, -0.05) is 42.4 Å². The van der Waals surface area contributed by atoms with Crippen LogP contribution >= 0.6 is 0 Å². The summed E-state index contributed by atoms with van der Waals surface area (Å²) in [6, 6.07) is 11.4. The fourth-order valence-corrected chi connectivity index (χ4v) is 5.11. The van der Waals surface area contributed by atoms with E-state index >= 15 is 0 Å². The van der Waals surface area contributed by atoms with Crippen LogP contribution in [0, 0.1) is 12.8 Å². The lowest BCUT2D eigenvalue weighted by Crippen LogP contribution is -2.55. The number of anilines is 1. The van der Waals surface area contributed by atoms with Gasteiger partial charge in [-0.3, -0.25) is 9.69 Å². The largest absolute Gasteiger partial charge is 0.360 e. The third-order valence-corrected chi connectivity index (χ3v) is 6.83. The highest BCUT2D eigenvalue weighted by atomic mass is 32.2. The maximum absolute atomic E-state index is 12.8. The molecule has 1 N–H and O–H groups in total. The van der Waals surface area contributed by atoms with Crippen molar-refractivity contribution in [2.24, 2.45) is 5.92 Å². The first-order chi connectivity index (χ1) is 12.9. The number of carbonyl (C=O) groups excluding carboxylic acids is 1. The van der Waals surface area contributed by atoms with E-state index in [0.29, 0.717) is 11.6 Å². The van der Waals surface area contributed by atoms with Crippen molar-refractivity contribution in [3.05, 3.63) is 47.7 Å². The molecule has 0 spiro atoms. The summed E-state index contributed by atoms with van der Waals surface area (Å²) in [5, 5.41) is 3.84. The number of carbonyl (C=O) groups is 1. The van der Waals surface area contributed by atoms with Crippen LogP contribution in [0.3, 0.4) is 0 Å². The summed E-state index contributed by atoms with van der Waals surface area (Å²) in [7, 11) is -3.74. The maximum Gasteiger partial charge on any atom is 0.280 e. The standard InChI is InChI=1S/C18H22N4O4S/c1-12-10-15(19-26-12)22-9-8-21(11-16(22)23)27(24,25)20-18-13(2)17(18)14-6-4-3-5-7-14/h3-7,10,13,17-18,20H,8-9,11H2,1-2H3/t13-,17-,18+/m1/s1. The minimum Gasteiger partial charge on any atom is -0.360 e. The summed E-state index contributed by atoms with van der Waals surface area (Å²) in [6.45, 7) is 4.02. The SMILES string of the molecule is Cc1cc(N2CCN(S(=O)(=O)N[C@H]3[C@H](C)[C@@H]3c3ccccc3)CC2=O)no1. The molecule has 0 radical (unpaired) electrons. The van der Waals surface area contributed by atoms with Crippen molar-refractivity contribution in [2.75, 3.05) is 24.5 Å². The van der Waals surface area contributed by atoms with Crippen LogP contribution < -0.4 is 9.62 Å². The fraction of sp³-hybridized carbons (Fsp3) is 0.444. The van der Waals surface area contributed by atoms with E-state index in [1.807, 2.05) is 37.3 Å². The van der Waals surface area contributed by atoms with Crippen molar-refractivity contribution < 1.29 is 17.7 Å². The van der Waals surface area contributed by atoms with Crippen molar-refractivity contribution >= 4 is 21.9 Å². The Morgan fingerprint density at radius 1 is 1.22 bits per heavy atom. The molecule has 2 heterocycles. The third-order valence-electron chi connectivity index (χ3n) is 5.27. The van der Waals surface area contributed by atoms with Crippen LogP contribution in [-0.2, 0) is 15.0 Å². The predicted octanol–water partition coefficient (Wildman–Crippen LogP) is 1.27. The number of hydrogen-bond acceptors (Lipinski definition) is 5. The number of aromatic nitrogens is 1. The molecule has 2 aromatic rings. The molecule has 1 saturated carbocycles. The van der Waals surface area contributed by atoms with Crippen LogP contribution in [-0.4, -0.2) is 49.5 Å². The lowest BCUT2D eigenvalue weighted by atomic mass is 10.1. The summed E-state index contributed by atoms with van der Waals surface area (Å²) < 4.78 is 34.5. The zero-order chi connectivity index (χ0) is 19.2. The Bertz CT molecular complexity index is 943. The number of hydrogen-bond donors (Lipinski definition) is 1. The molecule has 1 aromatic heterocycles. The molecule has 1 amide bonds. The smallest absolute Gasteiger partial charge is 0.280 e. The zero-order valence-electron chi connectivity index (χ0n) is 15.2. The fourth-order valence-electron chi connectivity index (χ4n) is 3.66. The summed E-state index contributed by atoms with van der Waals surface area (Å²) in [6.07, 6.45) is 0. The van der Waals surface area contributed by atoms with Gasteiger partial charge in [-0.05, 0) is 18.4 Å². The molecular weight excluding hydrogens is 368 g/mol. The lowest BCUT2D eigenvalue weighted by Gasteiger charge is -2.32. The number of aryl methyl sites for hydroxylation is 1. The van der Waals surface area contributed by atoms with Gasteiger partial charge < -0.3 is 4.52 Å². The Morgan fingerprint density at radius 2 is 1.96 bits per heavy atom. The van der Waals surface area contributed by atoms with Gasteiger partial charge in [0, 0.05) is 31.1 Å². The molecule has 1 aliphatic carbocycles. The van der Waals surface area contributed by atoms with Gasteiger partial charge in [-0.2, -0.15) is 17.4 Å². The summed E-state index contributed by atoms with van der Waals surface area (Å²) in [5.41, 5.74) is 1.12. The topological polar surface area (TPSA) is 95.8 Å². The molecule has 1 saturated heterocycles.